The molecule has 1 aromatic heterocycles. The maximum Gasteiger partial charge on any atom is 0.340 e. The predicted octanol–water partition coefficient (Wildman–Crippen LogP) is 1.76. The van der Waals surface area contributed by atoms with Gasteiger partial charge in [0, 0.05) is 6.04 Å². The number of nitriles is 1. The Hall–Kier alpha value is -2.60. The van der Waals surface area contributed by atoms with Gasteiger partial charge in [-0.25, -0.2) is 14.6 Å². The zero-order chi connectivity index (χ0) is 19.0. The summed E-state index contributed by atoms with van der Waals surface area (Å²) in [6.45, 7) is 7.07. The zero-order valence-corrected chi connectivity index (χ0v) is 15.3. The van der Waals surface area contributed by atoms with Crippen LogP contribution >= 0.6 is 11.8 Å². The van der Waals surface area contributed by atoms with E-state index in [4.69, 9.17) is 4.74 Å². The molecule has 1 rings (SSSR count). The minimum atomic E-state index is -0.581. The van der Waals surface area contributed by atoms with Crippen molar-refractivity contribution in [2.24, 2.45) is 0 Å². The second kappa shape index (κ2) is 9.64. The molecular weight excluding hydrogens is 344 g/mol. The molecule has 0 unspecified atom stereocenters. The molecule has 0 saturated carbocycles. The van der Waals surface area contributed by atoms with Crippen LogP contribution in [0.2, 0.25) is 0 Å². The van der Waals surface area contributed by atoms with Crippen LogP contribution in [0.4, 0.5) is 4.79 Å². The number of ether oxygens (including phenoxy) is 1. The maximum absolute atomic E-state index is 11.8. The summed E-state index contributed by atoms with van der Waals surface area (Å²) >= 11 is 1.01. The summed E-state index contributed by atoms with van der Waals surface area (Å²) in [6.07, 6.45) is 0. The molecule has 0 fully saturated rings. The number of hydrogen-bond donors (Lipinski definition) is 2. The van der Waals surface area contributed by atoms with Crippen molar-refractivity contribution in [3.8, 4) is 6.07 Å². The summed E-state index contributed by atoms with van der Waals surface area (Å²) in [5, 5.41) is 14.3. The molecule has 2 N–H and O–H groups in total. The summed E-state index contributed by atoms with van der Waals surface area (Å²) in [4.78, 5) is 39.3. The minimum absolute atomic E-state index is 0.0919. The third kappa shape index (κ3) is 6.43. The summed E-state index contributed by atoms with van der Waals surface area (Å²) in [7, 11) is 0. The highest BCUT2D eigenvalue weighted by molar-refractivity contribution is 8.00. The molecule has 0 aliphatic heterocycles. The predicted molar refractivity (Wildman–Crippen MR) is 92.2 cm³/mol. The van der Waals surface area contributed by atoms with Gasteiger partial charge in [-0.1, -0.05) is 11.8 Å². The number of rotatable bonds is 6. The average Bonchev–Trinajstić information content (AvgIpc) is 2.52. The Kier molecular flexibility index (Phi) is 7.88. The first-order valence-corrected chi connectivity index (χ1v) is 8.59. The lowest BCUT2D eigenvalue weighted by atomic mass is 10.1. The Morgan fingerprint density at radius 2 is 2.08 bits per heavy atom. The topological polar surface area (TPSA) is 121 Å². The quantitative estimate of drug-likeness (QED) is 0.583. The van der Waals surface area contributed by atoms with Gasteiger partial charge in [0.15, 0.2) is 0 Å². The Balaban J connectivity index is 2.81. The van der Waals surface area contributed by atoms with Gasteiger partial charge in [-0.05, 0) is 33.8 Å². The molecule has 0 aromatic carbocycles. The first-order chi connectivity index (χ1) is 11.8. The van der Waals surface area contributed by atoms with E-state index in [0.29, 0.717) is 10.7 Å². The number of urea groups is 1. The number of thioether (sulfide) groups is 1. The Bertz CT molecular complexity index is 713. The van der Waals surface area contributed by atoms with Crippen molar-refractivity contribution in [3.05, 3.63) is 22.9 Å². The van der Waals surface area contributed by atoms with Crippen molar-refractivity contribution in [1.82, 2.24) is 15.6 Å². The van der Waals surface area contributed by atoms with Crippen LogP contribution in [0.5, 0.6) is 0 Å². The molecule has 25 heavy (non-hydrogen) atoms. The zero-order valence-electron chi connectivity index (χ0n) is 14.5. The molecule has 0 bridgehead atoms. The second-order valence-electron chi connectivity index (χ2n) is 5.27. The largest absolute Gasteiger partial charge is 0.462 e. The van der Waals surface area contributed by atoms with Gasteiger partial charge >= 0.3 is 12.0 Å². The lowest BCUT2D eigenvalue weighted by Crippen LogP contribution is -2.43. The van der Waals surface area contributed by atoms with Crippen LogP contribution in [0, 0.1) is 18.3 Å². The van der Waals surface area contributed by atoms with Gasteiger partial charge in [-0.2, -0.15) is 5.26 Å². The highest BCUT2D eigenvalue weighted by atomic mass is 32.2. The normalized spacial score (nSPS) is 10.1. The Morgan fingerprint density at radius 3 is 2.64 bits per heavy atom. The van der Waals surface area contributed by atoms with Gasteiger partial charge in [0.25, 0.3) is 0 Å². The molecule has 134 valence electrons. The second-order valence-corrected chi connectivity index (χ2v) is 6.24. The number of carbonyl (C=O) groups is 3. The van der Waals surface area contributed by atoms with E-state index in [-0.39, 0.29) is 29.5 Å². The summed E-state index contributed by atoms with van der Waals surface area (Å²) < 4.78 is 4.92. The van der Waals surface area contributed by atoms with Gasteiger partial charge < -0.3 is 10.1 Å². The van der Waals surface area contributed by atoms with Crippen molar-refractivity contribution in [2.45, 2.75) is 38.8 Å². The van der Waals surface area contributed by atoms with Crippen molar-refractivity contribution >= 4 is 29.7 Å². The standard InChI is InChI=1S/C16H20N4O4S/c1-5-24-15(22)12-6-11(7-17)14(19-10(12)4)25-8-13(21)20-16(23)18-9(2)3/h6,9H,5,8H2,1-4H3,(H2,18,20,21,23). The highest BCUT2D eigenvalue weighted by Crippen LogP contribution is 2.23. The van der Waals surface area contributed by atoms with E-state index in [1.54, 1.807) is 27.7 Å². The van der Waals surface area contributed by atoms with Crippen LogP contribution in [0.3, 0.4) is 0 Å². The average molecular weight is 364 g/mol. The fourth-order valence-corrected chi connectivity index (χ4v) is 2.59. The molecule has 3 amide bonds. The molecular formula is C16H20N4O4S. The number of nitrogens with one attached hydrogen (secondary N) is 2. The van der Waals surface area contributed by atoms with Gasteiger partial charge in [0.05, 0.1) is 29.2 Å². The number of aryl methyl sites for hydroxylation is 1. The molecule has 0 radical (unpaired) electrons. The van der Waals surface area contributed by atoms with Gasteiger partial charge in [-0.15, -0.1) is 0 Å². The Labute approximate surface area is 150 Å². The number of imide groups is 1. The van der Waals surface area contributed by atoms with Crippen LogP contribution in [0.1, 0.15) is 42.4 Å². The van der Waals surface area contributed by atoms with Crippen molar-refractivity contribution in [3.63, 3.8) is 0 Å². The lowest BCUT2D eigenvalue weighted by Gasteiger charge is -2.10. The van der Waals surface area contributed by atoms with E-state index in [2.05, 4.69) is 15.6 Å². The fraction of sp³-hybridized carbons (Fsp3) is 0.438. The van der Waals surface area contributed by atoms with Crippen molar-refractivity contribution in [2.75, 3.05) is 12.4 Å². The summed E-state index contributed by atoms with van der Waals surface area (Å²) in [5.41, 5.74) is 0.777. The van der Waals surface area contributed by atoms with Crippen molar-refractivity contribution in [1.29, 1.82) is 5.26 Å². The van der Waals surface area contributed by atoms with E-state index in [0.717, 1.165) is 11.8 Å². The molecule has 0 atom stereocenters. The first kappa shape index (κ1) is 20.4. The number of carbonyl (C=O) groups excluding carboxylic acids is 3. The van der Waals surface area contributed by atoms with E-state index in [1.165, 1.54) is 6.07 Å². The van der Waals surface area contributed by atoms with E-state index >= 15 is 0 Å². The monoisotopic (exact) mass is 364 g/mol. The summed E-state index contributed by atoms with van der Waals surface area (Å²) in [6, 6.07) is 2.67. The molecule has 0 aliphatic rings. The van der Waals surface area contributed by atoms with Crippen LogP contribution < -0.4 is 10.6 Å². The van der Waals surface area contributed by atoms with Gasteiger partial charge in [-0.3, -0.25) is 10.1 Å². The van der Waals surface area contributed by atoms with E-state index < -0.39 is 17.9 Å². The molecule has 0 saturated heterocycles. The summed E-state index contributed by atoms with van der Waals surface area (Å²) in [5.74, 6) is -1.16. The molecule has 0 aliphatic carbocycles. The number of nitrogens with zero attached hydrogens (tertiary/aromatic N) is 2. The fourth-order valence-electron chi connectivity index (χ4n) is 1.78. The van der Waals surface area contributed by atoms with E-state index in [9.17, 15) is 19.6 Å². The molecule has 1 heterocycles. The van der Waals surface area contributed by atoms with Gasteiger partial charge in [0.1, 0.15) is 11.1 Å². The molecule has 9 heteroatoms. The minimum Gasteiger partial charge on any atom is -0.462 e. The molecule has 8 nitrogen and oxygen atoms in total. The third-order valence-electron chi connectivity index (χ3n) is 2.81. The lowest BCUT2D eigenvalue weighted by molar-refractivity contribution is -0.117. The van der Waals surface area contributed by atoms with Crippen LogP contribution in [-0.4, -0.2) is 41.3 Å². The van der Waals surface area contributed by atoms with Crippen LogP contribution in [0.25, 0.3) is 0 Å². The number of hydrogen-bond acceptors (Lipinski definition) is 7. The van der Waals surface area contributed by atoms with Gasteiger partial charge in [0.2, 0.25) is 5.91 Å². The number of amides is 3. The number of pyridine rings is 1. The highest BCUT2D eigenvalue weighted by Gasteiger charge is 2.17. The molecule has 1 aromatic rings. The smallest absolute Gasteiger partial charge is 0.340 e. The van der Waals surface area contributed by atoms with Crippen LogP contribution in [-0.2, 0) is 9.53 Å². The Morgan fingerprint density at radius 1 is 1.40 bits per heavy atom. The van der Waals surface area contributed by atoms with E-state index in [1.807, 2.05) is 6.07 Å². The maximum atomic E-state index is 11.8. The third-order valence-corrected chi connectivity index (χ3v) is 3.80. The number of aromatic nitrogens is 1. The molecule has 0 spiro atoms. The SMILES string of the molecule is CCOC(=O)c1cc(C#N)c(SCC(=O)NC(=O)NC(C)C)nc1C. The van der Waals surface area contributed by atoms with Crippen molar-refractivity contribution < 1.29 is 19.1 Å². The van der Waals surface area contributed by atoms with Crippen LogP contribution in [0.15, 0.2) is 11.1 Å². The first-order valence-electron chi connectivity index (χ1n) is 7.60. The number of esters is 1.